The maximum absolute atomic E-state index is 10.1. The molecule has 1 atom stereocenters. The first-order valence-corrected chi connectivity index (χ1v) is 8.69. The van der Waals surface area contributed by atoms with E-state index in [1.54, 1.807) is 6.07 Å². The number of phenols is 1. The Bertz CT molecular complexity index is 907. The monoisotopic (exact) mass is 320 g/mol. The summed E-state index contributed by atoms with van der Waals surface area (Å²) in [6.45, 7) is 2.13. The van der Waals surface area contributed by atoms with Gasteiger partial charge in [0.15, 0.2) is 0 Å². The molecule has 5 nitrogen and oxygen atoms in total. The number of nitrogens with zero attached hydrogens (tertiary/aromatic N) is 3. The van der Waals surface area contributed by atoms with Gasteiger partial charge >= 0.3 is 0 Å². The van der Waals surface area contributed by atoms with Crippen molar-refractivity contribution < 1.29 is 5.11 Å². The molecule has 1 saturated heterocycles. The number of aromatic hydroxyl groups is 1. The normalized spacial score (nSPS) is 20.8. The third-order valence-electron chi connectivity index (χ3n) is 5.19. The summed E-state index contributed by atoms with van der Waals surface area (Å²) in [7, 11) is 0. The van der Waals surface area contributed by atoms with Crippen LogP contribution in [0.2, 0.25) is 0 Å². The predicted octanol–water partition coefficient (Wildman–Crippen LogP) is 3.22. The molecule has 2 aromatic heterocycles. The molecule has 5 rings (SSSR count). The molecule has 3 heterocycles. The minimum absolute atomic E-state index is 0.246. The molecule has 0 radical (unpaired) electrons. The summed E-state index contributed by atoms with van der Waals surface area (Å²) in [6.07, 6.45) is 3.67. The van der Waals surface area contributed by atoms with Crippen LogP contribution in [0.25, 0.3) is 22.3 Å². The summed E-state index contributed by atoms with van der Waals surface area (Å²) >= 11 is 0. The van der Waals surface area contributed by atoms with Crippen LogP contribution in [0.4, 0.5) is 0 Å². The number of nitrogens with one attached hydrogen (secondary N) is 1. The number of para-hydroxylation sites is 1. The Labute approximate surface area is 140 Å². The van der Waals surface area contributed by atoms with Crippen LogP contribution in [0.5, 0.6) is 5.75 Å². The van der Waals surface area contributed by atoms with Gasteiger partial charge in [-0.1, -0.05) is 12.1 Å². The van der Waals surface area contributed by atoms with Gasteiger partial charge in [-0.3, -0.25) is 0 Å². The van der Waals surface area contributed by atoms with Gasteiger partial charge in [-0.2, -0.15) is 0 Å². The SMILES string of the molecule is Oc1ccccc1-c1cc2c(cc([C@@H]3CCNC3)n2C2CC2)nn1. The average molecular weight is 320 g/mol. The highest BCUT2D eigenvalue weighted by molar-refractivity contribution is 5.82. The topological polar surface area (TPSA) is 63.0 Å². The van der Waals surface area contributed by atoms with Gasteiger partial charge in [0.1, 0.15) is 11.3 Å². The van der Waals surface area contributed by atoms with Crippen molar-refractivity contribution in [2.45, 2.75) is 31.2 Å². The van der Waals surface area contributed by atoms with E-state index in [2.05, 4.69) is 32.2 Å². The molecule has 3 aromatic rings. The van der Waals surface area contributed by atoms with Gasteiger partial charge in [-0.25, -0.2) is 0 Å². The fourth-order valence-electron chi connectivity index (χ4n) is 3.82. The van der Waals surface area contributed by atoms with E-state index < -0.39 is 0 Å². The highest BCUT2D eigenvalue weighted by Crippen LogP contribution is 2.42. The second-order valence-corrected chi connectivity index (χ2v) is 6.88. The Morgan fingerprint density at radius 2 is 1.96 bits per heavy atom. The van der Waals surface area contributed by atoms with Gasteiger partial charge in [0.25, 0.3) is 0 Å². The van der Waals surface area contributed by atoms with E-state index >= 15 is 0 Å². The van der Waals surface area contributed by atoms with Gasteiger partial charge in [-0.05, 0) is 50.1 Å². The smallest absolute Gasteiger partial charge is 0.125 e. The molecular formula is C19H20N4O. The molecule has 2 fully saturated rings. The number of fused-ring (bicyclic) bond motifs is 1. The lowest BCUT2D eigenvalue weighted by atomic mass is 10.1. The Morgan fingerprint density at radius 1 is 1.08 bits per heavy atom. The summed E-state index contributed by atoms with van der Waals surface area (Å²) in [5.41, 5.74) is 4.97. The van der Waals surface area contributed by atoms with Crippen molar-refractivity contribution in [2.75, 3.05) is 13.1 Å². The number of aromatic nitrogens is 3. The molecule has 0 amide bonds. The van der Waals surface area contributed by atoms with Gasteiger partial charge in [0.2, 0.25) is 0 Å². The number of phenolic OH excluding ortho intramolecular Hbond substituents is 1. The van der Waals surface area contributed by atoms with Gasteiger partial charge < -0.3 is 15.0 Å². The van der Waals surface area contributed by atoms with Crippen molar-refractivity contribution >= 4 is 11.0 Å². The van der Waals surface area contributed by atoms with Crippen molar-refractivity contribution in [3.63, 3.8) is 0 Å². The van der Waals surface area contributed by atoms with E-state index in [1.807, 2.05) is 18.2 Å². The number of rotatable bonds is 3. The van der Waals surface area contributed by atoms with Gasteiger partial charge in [-0.15, -0.1) is 10.2 Å². The largest absolute Gasteiger partial charge is 0.507 e. The Kier molecular flexibility index (Phi) is 3.10. The molecule has 2 aliphatic rings. The number of benzene rings is 1. The van der Waals surface area contributed by atoms with Crippen LogP contribution < -0.4 is 5.32 Å². The van der Waals surface area contributed by atoms with Crippen molar-refractivity contribution in [2.24, 2.45) is 0 Å². The third-order valence-corrected chi connectivity index (χ3v) is 5.19. The molecule has 24 heavy (non-hydrogen) atoms. The predicted molar refractivity (Wildman–Crippen MR) is 93.1 cm³/mol. The summed E-state index contributed by atoms with van der Waals surface area (Å²) in [5.74, 6) is 0.810. The Balaban J connectivity index is 1.68. The Morgan fingerprint density at radius 3 is 2.71 bits per heavy atom. The van der Waals surface area contributed by atoms with Crippen LogP contribution in [0, 0.1) is 0 Å². The van der Waals surface area contributed by atoms with Crippen LogP contribution in [0.3, 0.4) is 0 Å². The minimum atomic E-state index is 0.246. The van der Waals surface area contributed by atoms with Crippen LogP contribution in [-0.2, 0) is 0 Å². The number of hydrogen-bond donors (Lipinski definition) is 2. The standard InChI is InChI=1S/C19H20N4O/c24-19-4-2-1-3-14(19)15-9-18-16(22-21-15)10-17(12-7-8-20-11-12)23(18)13-5-6-13/h1-4,9-10,12-13,20,24H,5-8,11H2/t12-/m1/s1. The Hall–Kier alpha value is -2.40. The summed E-state index contributed by atoms with van der Waals surface area (Å²) in [6, 6.07) is 12.2. The number of hydrogen-bond acceptors (Lipinski definition) is 4. The quantitative estimate of drug-likeness (QED) is 0.778. The van der Waals surface area contributed by atoms with Crippen LogP contribution in [0.1, 0.15) is 36.9 Å². The molecule has 0 bridgehead atoms. The molecule has 1 saturated carbocycles. The lowest BCUT2D eigenvalue weighted by Crippen LogP contribution is -2.11. The zero-order valence-corrected chi connectivity index (χ0v) is 13.4. The van der Waals surface area contributed by atoms with Crippen molar-refractivity contribution in [3.8, 4) is 17.0 Å². The van der Waals surface area contributed by atoms with Crippen molar-refractivity contribution in [1.29, 1.82) is 0 Å². The second kappa shape index (κ2) is 5.31. The van der Waals surface area contributed by atoms with E-state index in [1.165, 1.54) is 25.0 Å². The molecule has 0 spiro atoms. The molecule has 1 aliphatic heterocycles. The summed E-state index contributed by atoms with van der Waals surface area (Å²) in [5, 5.41) is 22.4. The summed E-state index contributed by atoms with van der Waals surface area (Å²) in [4.78, 5) is 0. The fourth-order valence-corrected chi connectivity index (χ4v) is 3.82. The van der Waals surface area contributed by atoms with E-state index in [0.29, 0.717) is 12.0 Å². The van der Waals surface area contributed by atoms with Gasteiger partial charge in [0, 0.05) is 29.8 Å². The molecule has 5 heteroatoms. The first-order chi connectivity index (χ1) is 11.8. The maximum atomic E-state index is 10.1. The van der Waals surface area contributed by atoms with E-state index in [0.717, 1.165) is 35.4 Å². The first-order valence-electron chi connectivity index (χ1n) is 8.69. The van der Waals surface area contributed by atoms with Crippen LogP contribution in [0.15, 0.2) is 36.4 Å². The zero-order chi connectivity index (χ0) is 16.1. The first kappa shape index (κ1) is 14.0. The average Bonchev–Trinajstić information content (AvgIpc) is 3.16. The molecule has 0 unspecified atom stereocenters. The van der Waals surface area contributed by atoms with E-state index in [-0.39, 0.29) is 5.75 Å². The lowest BCUT2D eigenvalue weighted by molar-refractivity contribution is 0.477. The van der Waals surface area contributed by atoms with Crippen LogP contribution >= 0.6 is 0 Å². The molecule has 122 valence electrons. The summed E-state index contributed by atoms with van der Waals surface area (Å²) < 4.78 is 2.48. The molecule has 1 aromatic carbocycles. The third kappa shape index (κ3) is 2.19. The van der Waals surface area contributed by atoms with Gasteiger partial charge in [0.05, 0.1) is 11.2 Å². The maximum Gasteiger partial charge on any atom is 0.125 e. The van der Waals surface area contributed by atoms with Crippen molar-refractivity contribution in [3.05, 3.63) is 42.1 Å². The van der Waals surface area contributed by atoms with E-state index in [4.69, 9.17) is 0 Å². The molecule has 1 aliphatic carbocycles. The molecular weight excluding hydrogens is 300 g/mol. The minimum Gasteiger partial charge on any atom is -0.507 e. The zero-order valence-electron chi connectivity index (χ0n) is 13.4. The van der Waals surface area contributed by atoms with E-state index in [9.17, 15) is 5.11 Å². The second-order valence-electron chi connectivity index (χ2n) is 6.88. The lowest BCUT2D eigenvalue weighted by Gasteiger charge is -2.14. The molecule has 2 N–H and O–H groups in total. The fraction of sp³-hybridized carbons (Fsp3) is 0.368. The highest BCUT2D eigenvalue weighted by Gasteiger charge is 2.31. The van der Waals surface area contributed by atoms with Crippen LogP contribution in [-0.4, -0.2) is 33.0 Å². The van der Waals surface area contributed by atoms with Crippen molar-refractivity contribution in [1.82, 2.24) is 20.1 Å². The highest BCUT2D eigenvalue weighted by atomic mass is 16.3.